The van der Waals surface area contributed by atoms with Crippen LogP contribution in [0.1, 0.15) is 28.9 Å². The van der Waals surface area contributed by atoms with Crippen molar-refractivity contribution in [1.29, 1.82) is 0 Å². The minimum absolute atomic E-state index is 0.0752. The van der Waals surface area contributed by atoms with Crippen LogP contribution in [0.25, 0.3) is 10.9 Å². The van der Waals surface area contributed by atoms with Gasteiger partial charge in [-0.1, -0.05) is 24.3 Å². The molecule has 196 valence electrons. The molecular formula is C28H26F2N4O3S. The number of aromatic nitrogens is 1. The van der Waals surface area contributed by atoms with Crippen LogP contribution in [-0.2, 0) is 10.0 Å². The molecule has 1 N–H and O–H groups in total. The molecule has 1 fully saturated rings. The zero-order valence-electron chi connectivity index (χ0n) is 20.6. The van der Waals surface area contributed by atoms with Crippen LogP contribution in [0, 0.1) is 11.6 Å². The number of carbonyl (C=O) groups is 1. The van der Waals surface area contributed by atoms with E-state index in [9.17, 15) is 22.0 Å². The largest absolute Gasteiger partial charge is 0.336 e. The van der Waals surface area contributed by atoms with Crippen molar-refractivity contribution >= 4 is 32.5 Å². The number of anilines is 1. The maximum Gasteiger partial charge on any atom is 0.264 e. The molecule has 10 heteroatoms. The van der Waals surface area contributed by atoms with E-state index in [1.54, 1.807) is 65.7 Å². The minimum Gasteiger partial charge on any atom is -0.336 e. The number of hydrogen-bond acceptors (Lipinski definition) is 5. The lowest BCUT2D eigenvalue weighted by Crippen LogP contribution is -2.49. The molecule has 3 aromatic carbocycles. The lowest BCUT2D eigenvalue weighted by molar-refractivity contribution is 0.0582. The van der Waals surface area contributed by atoms with Crippen LogP contribution in [-0.4, -0.2) is 55.3 Å². The normalized spacial score (nSPS) is 15.4. The van der Waals surface area contributed by atoms with Crippen molar-refractivity contribution in [3.05, 3.63) is 102 Å². The van der Waals surface area contributed by atoms with Crippen LogP contribution in [0.4, 0.5) is 14.5 Å². The Hall–Kier alpha value is -3.89. The number of benzene rings is 3. The third kappa shape index (κ3) is 5.23. The molecule has 5 rings (SSSR count). The molecule has 1 atom stereocenters. The fourth-order valence-corrected chi connectivity index (χ4v) is 5.90. The van der Waals surface area contributed by atoms with E-state index in [2.05, 4.69) is 14.6 Å². The summed E-state index contributed by atoms with van der Waals surface area (Å²) >= 11 is 0. The SMILES string of the molecule is CC(c1ccc(F)c(F)c1)N1CCN(C(=O)c2ccc(NS(=O)(=O)c3cccc4cccnc34)cc2)CC1. The summed E-state index contributed by atoms with van der Waals surface area (Å²) in [5.41, 5.74) is 1.84. The second kappa shape index (κ2) is 10.5. The van der Waals surface area contributed by atoms with Crippen molar-refractivity contribution in [3.8, 4) is 0 Å². The summed E-state index contributed by atoms with van der Waals surface area (Å²) in [6, 6.07) is 18.6. The summed E-state index contributed by atoms with van der Waals surface area (Å²) in [7, 11) is -3.89. The Kier molecular flexibility index (Phi) is 7.09. The number of rotatable bonds is 6. The Labute approximate surface area is 219 Å². The number of nitrogens with zero attached hydrogens (tertiary/aromatic N) is 3. The zero-order valence-corrected chi connectivity index (χ0v) is 21.5. The highest BCUT2D eigenvalue weighted by atomic mass is 32.2. The second-order valence-corrected chi connectivity index (χ2v) is 10.8. The molecule has 1 unspecified atom stereocenters. The lowest BCUT2D eigenvalue weighted by Gasteiger charge is -2.38. The van der Waals surface area contributed by atoms with E-state index in [1.165, 1.54) is 12.1 Å². The number of piperazine rings is 1. The number of hydrogen-bond donors (Lipinski definition) is 1. The standard InChI is InChI=1S/C28H26F2N4O3S/c1-19(22-9-12-24(29)25(30)18-22)33-14-16-34(17-15-33)28(35)21-7-10-23(11-8-21)32-38(36,37)26-6-2-4-20-5-3-13-31-27(20)26/h2-13,18-19,32H,14-17H2,1H3. The Morgan fingerprint density at radius 3 is 2.34 bits per heavy atom. The minimum atomic E-state index is -3.89. The average molecular weight is 537 g/mol. The smallest absolute Gasteiger partial charge is 0.264 e. The van der Waals surface area contributed by atoms with Crippen LogP contribution in [0.2, 0.25) is 0 Å². The van der Waals surface area contributed by atoms with Gasteiger partial charge >= 0.3 is 0 Å². The quantitative estimate of drug-likeness (QED) is 0.382. The molecule has 4 aromatic rings. The van der Waals surface area contributed by atoms with Gasteiger partial charge in [-0.25, -0.2) is 17.2 Å². The summed E-state index contributed by atoms with van der Waals surface area (Å²) in [5.74, 6) is -1.90. The monoisotopic (exact) mass is 536 g/mol. The van der Waals surface area contributed by atoms with Gasteiger partial charge in [0.25, 0.3) is 15.9 Å². The van der Waals surface area contributed by atoms with Gasteiger partial charge in [0.2, 0.25) is 0 Å². The molecule has 0 bridgehead atoms. The summed E-state index contributed by atoms with van der Waals surface area (Å²) in [6.45, 7) is 4.06. The number of carbonyl (C=O) groups excluding carboxylic acids is 1. The maximum absolute atomic E-state index is 13.6. The third-order valence-corrected chi connectivity index (χ3v) is 8.26. The molecule has 0 spiro atoms. The van der Waals surface area contributed by atoms with Crippen LogP contribution < -0.4 is 4.72 Å². The molecule has 2 heterocycles. The molecule has 0 saturated carbocycles. The van der Waals surface area contributed by atoms with Crippen molar-refractivity contribution in [1.82, 2.24) is 14.8 Å². The first kappa shape index (κ1) is 25.7. The molecule has 38 heavy (non-hydrogen) atoms. The molecule has 1 saturated heterocycles. The molecule has 1 aromatic heterocycles. The average Bonchev–Trinajstić information content (AvgIpc) is 2.93. The van der Waals surface area contributed by atoms with E-state index in [0.29, 0.717) is 48.5 Å². The number of para-hydroxylation sites is 1. The molecule has 0 aliphatic carbocycles. The van der Waals surface area contributed by atoms with E-state index in [1.807, 2.05) is 6.92 Å². The fraction of sp³-hybridized carbons (Fsp3) is 0.214. The molecule has 1 aliphatic heterocycles. The summed E-state index contributed by atoms with van der Waals surface area (Å²) in [4.78, 5) is 21.2. The van der Waals surface area contributed by atoms with Gasteiger partial charge in [0.15, 0.2) is 11.6 Å². The number of amides is 1. The van der Waals surface area contributed by atoms with Gasteiger partial charge in [0, 0.05) is 55.1 Å². The van der Waals surface area contributed by atoms with Gasteiger partial charge in [-0.2, -0.15) is 0 Å². The first-order chi connectivity index (χ1) is 18.2. The lowest BCUT2D eigenvalue weighted by atomic mass is 10.1. The maximum atomic E-state index is 13.6. The van der Waals surface area contributed by atoms with E-state index in [0.717, 1.165) is 11.5 Å². The highest BCUT2D eigenvalue weighted by Crippen LogP contribution is 2.25. The first-order valence-corrected chi connectivity index (χ1v) is 13.7. The van der Waals surface area contributed by atoms with Gasteiger partial charge in [0.1, 0.15) is 4.90 Å². The van der Waals surface area contributed by atoms with Crippen LogP contribution in [0.3, 0.4) is 0 Å². The fourth-order valence-electron chi connectivity index (χ4n) is 4.66. The highest BCUT2D eigenvalue weighted by Gasteiger charge is 2.26. The number of fused-ring (bicyclic) bond motifs is 1. The zero-order chi connectivity index (χ0) is 26.9. The van der Waals surface area contributed by atoms with Crippen LogP contribution >= 0.6 is 0 Å². The van der Waals surface area contributed by atoms with Crippen molar-refractivity contribution in [2.45, 2.75) is 17.9 Å². The second-order valence-electron chi connectivity index (χ2n) is 9.19. The Bertz CT molecular complexity index is 1580. The predicted octanol–water partition coefficient (Wildman–Crippen LogP) is 4.83. The van der Waals surface area contributed by atoms with Crippen molar-refractivity contribution < 1.29 is 22.0 Å². The molecule has 7 nitrogen and oxygen atoms in total. The molecular weight excluding hydrogens is 510 g/mol. The van der Waals surface area contributed by atoms with Crippen LogP contribution in [0.5, 0.6) is 0 Å². The summed E-state index contributed by atoms with van der Waals surface area (Å²) in [6.07, 6.45) is 1.55. The number of nitrogens with one attached hydrogen (secondary N) is 1. The topological polar surface area (TPSA) is 82.6 Å². The van der Waals surface area contributed by atoms with E-state index >= 15 is 0 Å². The number of sulfonamides is 1. The Balaban J connectivity index is 1.22. The van der Waals surface area contributed by atoms with Gasteiger partial charge < -0.3 is 4.90 Å². The highest BCUT2D eigenvalue weighted by molar-refractivity contribution is 7.93. The van der Waals surface area contributed by atoms with Crippen molar-refractivity contribution in [2.24, 2.45) is 0 Å². The Morgan fingerprint density at radius 1 is 0.921 bits per heavy atom. The van der Waals surface area contributed by atoms with Gasteiger partial charge in [0.05, 0.1) is 5.52 Å². The van der Waals surface area contributed by atoms with E-state index in [4.69, 9.17) is 0 Å². The van der Waals surface area contributed by atoms with Gasteiger partial charge in [-0.15, -0.1) is 0 Å². The predicted molar refractivity (Wildman–Crippen MR) is 141 cm³/mol. The van der Waals surface area contributed by atoms with Gasteiger partial charge in [-0.3, -0.25) is 19.4 Å². The van der Waals surface area contributed by atoms with Crippen LogP contribution in [0.15, 0.2) is 83.9 Å². The van der Waals surface area contributed by atoms with Crippen molar-refractivity contribution in [2.75, 3.05) is 30.9 Å². The number of halogens is 2. The summed E-state index contributed by atoms with van der Waals surface area (Å²) in [5, 5.41) is 0.718. The van der Waals surface area contributed by atoms with E-state index in [-0.39, 0.29) is 16.8 Å². The van der Waals surface area contributed by atoms with Crippen molar-refractivity contribution in [3.63, 3.8) is 0 Å². The molecule has 1 aliphatic rings. The summed E-state index contributed by atoms with van der Waals surface area (Å²) < 4.78 is 55.6. The van der Waals surface area contributed by atoms with E-state index < -0.39 is 21.7 Å². The molecule has 0 radical (unpaired) electrons. The third-order valence-electron chi connectivity index (χ3n) is 6.84. The number of pyridine rings is 1. The van der Waals surface area contributed by atoms with Gasteiger partial charge in [-0.05, 0) is 61.0 Å². The Morgan fingerprint density at radius 2 is 1.63 bits per heavy atom. The first-order valence-electron chi connectivity index (χ1n) is 12.2. The molecule has 1 amide bonds.